The van der Waals surface area contributed by atoms with Gasteiger partial charge in [-0.2, -0.15) is 13.2 Å². The maximum atomic E-state index is 11.7. The molecule has 0 aliphatic rings. The Hall–Kier alpha value is -1.57. The molecule has 0 radical (unpaired) electrons. The Kier molecular flexibility index (Phi) is 6.26. The molecule has 0 spiro atoms. The summed E-state index contributed by atoms with van der Waals surface area (Å²) in [7, 11) is 0. The second-order valence-electron chi connectivity index (χ2n) is 3.20. The van der Waals surface area contributed by atoms with Gasteiger partial charge in [0.05, 0.1) is 13.1 Å². The average molecular weight is 254 g/mol. The molecule has 98 valence electrons. The molecular weight excluding hydrogens is 241 g/mol. The maximum Gasteiger partial charge on any atom is 0.401 e. The first kappa shape index (κ1) is 15.4. The Morgan fingerprint density at radius 2 is 2.00 bits per heavy atom. The van der Waals surface area contributed by atoms with Crippen LogP contribution in [0.15, 0.2) is 12.7 Å². The van der Waals surface area contributed by atoms with Crippen LogP contribution < -0.4 is 10.6 Å². The van der Waals surface area contributed by atoms with Crippen LogP contribution in [0.4, 0.5) is 13.2 Å². The summed E-state index contributed by atoms with van der Waals surface area (Å²) in [6, 6.07) is -1.17. The van der Waals surface area contributed by atoms with Crippen molar-refractivity contribution < 1.29 is 27.9 Å². The van der Waals surface area contributed by atoms with E-state index in [0.717, 1.165) is 0 Å². The monoisotopic (exact) mass is 254 g/mol. The van der Waals surface area contributed by atoms with Crippen LogP contribution in [0.2, 0.25) is 0 Å². The van der Waals surface area contributed by atoms with E-state index in [9.17, 15) is 22.8 Å². The number of carboxylic acid groups (broad SMARTS) is 1. The van der Waals surface area contributed by atoms with E-state index >= 15 is 0 Å². The molecule has 0 aromatic carbocycles. The number of alkyl halides is 3. The molecule has 0 aromatic heterocycles. The van der Waals surface area contributed by atoms with Crippen LogP contribution in [0.3, 0.4) is 0 Å². The molecule has 8 heteroatoms. The lowest BCUT2D eigenvalue weighted by Gasteiger charge is -2.13. The number of aliphatic carboxylic acids is 1. The van der Waals surface area contributed by atoms with Crippen LogP contribution in [0.25, 0.3) is 0 Å². The van der Waals surface area contributed by atoms with Gasteiger partial charge in [0, 0.05) is 0 Å². The first-order valence-corrected chi connectivity index (χ1v) is 4.67. The number of nitrogens with one attached hydrogen (secondary N) is 2. The molecule has 0 bridgehead atoms. The van der Waals surface area contributed by atoms with Crippen molar-refractivity contribution in [3.63, 3.8) is 0 Å². The minimum Gasteiger partial charge on any atom is -0.480 e. The van der Waals surface area contributed by atoms with Gasteiger partial charge in [0.25, 0.3) is 0 Å². The minimum atomic E-state index is -4.41. The lowest BCUT2D eigenvalue weighted by molar-refractivity contribution is -0.142. The minimum absolute atomic E-state index is 0.000341. The molecule has 17 heavy (non-hydrogen) atoms. The summed E-state index contributed by atoms with van der Waals surface area (Å²) < 4.78 is 35.1. The number of carboxylic acids is 1. The first-order chi connectivity index (χ1) is 7.76. The number of rotatable bonds is 7. The molecule has 3 N–H and O–H groups in total. The number of amides is 1. The van der Waals surface area contributed by atoms with Crippen molar-refractivity contribution in [2.24, 2.45) is 0 Å². The van der Waals surface area contributed by atoms with Crippen molar-refractivity contribution in [2.75, 3.05) is 13.1 Å². The van der Waals surface area contributed by atoms with Gasteiger partial charge in [-0.15, -0.1) is 6.58 Å². The van der Waals surface area contributed by atoms with E-state index in [4.69, 9.17) is 5.11 Å². The third kappa shape index (κ3) is 8.26. The van der Waals surface area contributed by atoms with E-state index in [2.05, 4.69) is 11.9 Å². The molecule has 0 aromatic rings. The molecule has 0 heterocycles. The Balaban J connectivity index is 3.99. The van der Waals surface area contributed by atoms with Crippen LogP contribution in [-0.2, 0) is 9.59 Å². The third-order valence-electron chi connectivity index (χ3n) is 1.65. The van der Waals surface area contributed by atoms with Gasteiger partial charge < -0.3 is 15.7 Å². The van der Waals surface area contributed by atoms with E-state index < -0.39 is 37.2 Å². The summed E-state index contributed by atoms with van der Waals surface area (Å²) in [5.74, 6) is -2.09. The zero-order valence-corrected chi connectivity index (χ0v) is 8.88. The highest BCUT2D eigenvalue weighted by Crippen LogP contribution is 2.11. The van der Waals surface area contributed by atoms with Crippen molar-refractivity contribution >= 4 is 11.9 Å². The van der Waals surface area contributed by atoms with Gasteiger partial charge in [0.2, 0.25) is 5.91 Å². The molecule has 0 rings (SSSR count). The summed E-state index contributed by atoms with van der Waals surface area (Å²) in [6.07, 6.45) is -3.11. The Morgan fingerprint density at radius 1 is 1.41 bits per heavy atom. The lowest BCUT2D eigenvalue weighted by Crippen LogP contribution is -2.45. The zero-order valence-electron chi connectivity index (χ0n) is 8.88. The van der Waals surface area contributed by atoms with Gasteiger partial charge >= 0.3 is 12.1 Å². The second kappa shape index (κ2) is 6.89. The first-order valence-electron chi connectivity index (χ1n) is 4.67. The summed E-state index contributed by atoms with van der Waals surface area (Å²) in [5.41, 5.74) is 0. The van der Waals surface area contributed by atoms with E-state index in [1.54, 1.807) is 0 Å². The second-order valence-corrected chi connectivity index (χ2v) is 3.20. The molecule has 0 aliphatic carbocycles. The smallest absolute Gasteiger partial charge is 0.401 e. The number of carbonyl (C=O) groups excluding carboxylic acids is 1. The number of halogens is 3. The fourth-order valence-corrected chi connectivity index (χ4v) is 0.951. The van der Waals surface area contributed by atoms with Gasteiger partial charge in [-0.1, -0.05) is 6.08 Å². The fraction of sp³-hybridized carbons (Fsp3) is 0.556. The molecular formula is C9H13F3N2O3. The van der Waals surface area contributed by atoms with Crippen LogP contribution in [0, 0.1) is 0 Å². The highest BCUT2D eigenvalue weighted by Gasteiger charge is 2.27. The van der Waals surface area contributed by atoms with E-state index in [-0.39, 0.29) is 6.42 Å². The van der Waals surface area contributed by atoms with Crippen molar-refractivity contribution in [3.05, 3.63) is 12.7 Å². The summed E-state index contributed by atoms with van der Waals surface area (Å²) in [4.78, 5) is 21.7. The number of carbonyl (C=O) groups is 2. The summed E-state index contributed by atoms with van der Waals surface area (Å²) >= 11 is 0. The quantitative estimate of drug-likeness (QED) is 0.570. The summed E-state index contributed by atoms with van der Waals surface area (Å²) in [6.45, 7) is 1.40. The van der Waals surface area contributed by atoms with Crippen molar-refractivity contribution in [1.29, 1.82) is 0 Å². The maximum absolute atomic E-state index is 11.7. The van der Waals surface area contributed by atoms with E-state index in [0.29, 0.717) is 0 Å². The number of hydrogen-bond acceptors (Lipinski definition) is 3. The fourth-order valence-electron chi connectivity index (χ4n) is 0.951. The van der Waals surface area contributed by atoms with Gasteiger partial charge in [-0.3, -0.25) is 4.79 Å². The van der Waals surface area contributed by atoms with Crippen molar-refractivity contribution in [3.8, 4) is 0 Å². The van der Waals surface area contributed by atoms with Gasteiger partial charge in [0.1, 0.15) is 6.04 Å². The summed E-state index contributed by atoms with van der Waals surface area (Å²) in [5, 5.41) is 12.6. The van der Waals surface area contributed by atoms with E-state index in [1.165, 1.54) is 6.08 Å². The van der Waals surface area contributed by atoms with Crippen LogP contribution in [0.5, 0.6) is 0 Å². The molecule has 0 fully saturated rings. The highest BCUT2D eigenvalue weighted by molar-refractivity contribution is 5.84. The highest BCUT2D eigenvalue weighted by atomic mass is 19.4. The molecule has 0 saturated carbocycles. The molecule has 1 unspecified atom stereocenters. The molecule has 0 saturated heterocycles. The van der Waals surface area contributed by atoms with E-state index in [1.807, 2.05) is 5.32 Å². The standard InChI is InChI=1S/C9H13F3N2O3/c1-2-3-6(8(16)17)14-7(15)4-13-5-9(10,11)12/h2,6,13H,1,3-5H2,(H,14,15)(H,16,17). The van der Waals surface area contributed by atoms with Crippen LogP contribution >= 0.6 is 0 Å². The third-order valence-corrected chi connectivity index (χ3v) is 1.65. The van der Waals surface area contributed by atoms with Gasteiger partial charge in [-0.25, -0.2) is 4.79 Å². The predicted molar refractivity (Wildman–Crippen MR) is 53.3 cm³/mol. The molecule has 1 atom stereocenters. The molecule has 0 aliphatic heterocycles. The van der Waals surface area contributed by atoms with Gasteiger partial charge in [-0.05, 0) is 6.42 Å². The Bertz CT molecular complexity index is 292. The predicted octanol–water partition coefficient (Wildman–Crippen LogP) is 0.284. The van der Waals surface area contributed by atoms with Crippen molar-refractivity contribution in [2.45, 2.75) is 18.6 Å². The van der Waals surface area contributed by atoms with Crippen LogP contribution in [-0.4, -0.2) is 42.3 Å². The zero-order chi connectivity index (χ0) is 13.5. The number of hydrogen-bond donors (Lipinski definition) is 3. The normalized spacial score (nSPS) is 12.9. The lowest BCUT2D eigenvalue weighted by atomic mass is 10.2. The van der Waals surface area contributed by atoms with Crippen molar-refractivity contribution in [1.82, 2.24) is 10.6 Å². The Labute approximate surface area is 95.7 Å². The van der Waals surface area contributed by atoms with Crippen LogP contribution in [0.1, 0.15) is 6.42 Å². The SMILES string of the molecule is C=CCC(NC(=O)CNCC(F)(F)F)C(=O)O. The largest absolute Gasteiger partial charge is 0.480 e. The molecule has 5 nitrogen and oxygen atoms in total. The average Bonchev–Trinajstić information content (AvgIpc) is 2.14. The molecule has 1 amide bonds. The topological polar surface area (TPSA) is 78.4 Å². The van der Waals surface area contributed by atoms with Gasteiger partial charge in [0.15, 0.2) is 0 Å². The Morgan fingerprint density at radius 3 is 2.41 bits per heavy atom.